The molecule has 0 unspecified atom stereocenters. The van der Waals surface area contributed by atoms with Crippen LogP contribution in [0.2, 0.25) is 0 Å². The van der Waals surface area contributed by atoms with E-state index in [2.05, 4.69) is 0 Å². The molecule has 7 nitrogen and oxygen atoms in total. The molecule has 0 heterocycles. The molecule has 4 N–H and O–H groups in total. The first-order valence-electron chi connectivity index (χ1n) is 0.955. The van der Waals surface area contributed by atoms with Crippen molar-refractivity contribution in [2.24, 2.45) is 0 Å². The summed E-state index contributed by atoms with van der Waals surface area (Å²) in [5.41, 5.74) is 0. The van der Waals surface area contributed by atoms with Crippen molar-refractivity contribution in [3.8, 4) is 0 Å². The summed E-state index contributed by atoms with van der Waals surface area (Å²) < 4.78 is 48.9. The van der Waals surface area contributed by atoms with E-state index in [1.54, 1.807) is 0 Å². The molecule has 0 atom stereocenters. The van der Waals surface area contributed by atoms with Gasteiger partial charge >= 0.3 is 42.1 Å². The van der Waals surface area contributed by atoms with Crippen LogP contribution in [0, 0.1) is 0 Å². The zero-order valence-corrected chi connectivity index (χ0v) is 11.0. The van der Waals surface area contributed by atoms with E-state index in [-0.39, 0.29) is 43.2 Å². The fourth-order valence-corrected chi connectivity index (χ4v) is 0. The molecule has 0 aliphatic heterocycles. The first-order chi connectivity index (χ1) is 3.46. The third kappa shape index (κ3) is 156. The second-order valence-corrected chi connectivity index (χ2v) is 2.70. The number of rotatable bonds is 0. The summed E-state index contributed by atoms with van der Waals surface area (Å²) in [5, 5.41) is 0. The first-order valence-corrected chi connectivity index (χ1v) is 6.41. The summed E-state index contributed by atoms with van der Waals surface area (Å²) in [6.07, 6.45) is 0. The van der Waals surface area contributed by atoms with Gasteiger partial charge in [0.15, 0.2) is 0 Å². The van der Waals surface area contributed by atoms with Gasteiger partial charge in [-0.25, -0.2) is 0 Å². The second-order valence-electron chi connectivity index (χ2n) is 0.402. The Morgan fingerprint density at radius 2 is 0.800 bits per heavy atom. The Bertz CT molecular complexity index is 27.1. The van der Waals surface area contributed by atoms with Gasteiger partial charge in [-0.2, -0.15) is 0 Å². The molecule has 0 saturated heterocycles. The maximum absolute atomic E-state index is 8.68. The van der Waals surface area contributed by atoms with Crippen LogP contribution in [0.4, 0.5) is 0 Å². The van der Waals surface area contributed by atoms with Gasteiger partial charge in [-0.05, 0) is 6.87 Å². The van der Waals surface area contributed by atoms with Gasteiger partial charge in [0.2, 0.25) is 0 Å². The van der Waals surface area contributed by atoms with E-state index in [1.165, 1.54) is 0 Å². The largest absolute Gasteiger partial charge is 0.503 e. The Hall–Kier alpha value is 2.44. The van der Waals surface area contributed by atoms with Gasteiger partial charge in [-0.15, -0.1) is 0 Å². The molecule has 0 aromatic carbocycles. The maximum Gasteiger partial charge on any atom is 0.503 e. The zero-order chi connectivity index (χ0) is 7.15. The number of hydrogen-bond donors (Lipinski definition) is 2. The van der Waals surface area contributed by atoms with Gasteiger partial charge in [-0.1, -0.05) is 0 Å². The van der Waals surface area contributed by atoms with Crippen molar-refractivity contribution in [1.82, 2.24) is 0 Å². The van der Waals surface area contributed by atoms with Gasteiger partial charge in [0.1, 0.15) is 0 Å². The molecular weight excluding hydrogens is 406 g/mol. The predicted molar refractivity (Wildman–Crippen MR) is 13.8 cm³/mol. The fourth-order valence-electron chi connectivity index (χ4n) is 0. The summed E-state index contributed by atoms with van der Waals surface area (Å²) >= 11 is -7.53. The summed E-state index contributed by atoms with van der Waals surface area (Å²) in [6.45, 7) is 0. The minimum absolute atomic E-state index is 0. The van der Waals surface area contributed by atoms with E-state index in [0.29, 0.717) is 0 Å². The van der Waals surface area contributed by atoms with Crippen molar-refractivity contribution in [3.63, 3.8) is 0 Å². The standard InChI is InChI=1S/Ca.2HIO3.H2O/c;2*2-1(3)4;/h;2*2H;1H2. The van der Waals surface area contributed by atoms with Crippen LogP contribution in [0.15, 0.2) is 0 Å². The summed E-state index contributed by atoms with van der Waals surface area (Å²) in [6, 6.07) is 0. The minimum Gasteiger partial charge on any atom is -0.412 e. The van der Waals surface area contributed by atoms with Crippen molar-refractivity contribution >= 4 is 37.7 Å². The van der Waals surface area contributed by atoms with Gasteiger partial charge in [-0.3, -0.25) is 0 Å². The van der Waals surface area contributed by atoms with Gasteiger partial charge in [0.05, 0.1) is 0 Å². The smallest absolute Gasteiger partial charge is 0.412 e. The van der Waals surface area contributed by atoms with Gasteiger partial charge in [0.25, 0.3) is 0 Å². The molecule has 0 spiro atoms. The normalized spacial score (nSPS) is 7.20. The quantitative estimate of drug-likeness (QED) is 0.298. The van der Waals surface area contributed by atoms with E-state index in [9.17, 15) is 0 Å². The molecule has 0 bridgehead atoms. The second kappa shape index (κ2) is 17.5. The Morgan fingerprint density at radius 1 is 0.800 bits per heavy atom. The molecule has 0 fully saturated rings. The van der Waals surface area contributed by atoms with Crippen LogP contribution < -0.4 is 55.9 Å². The van der Waals surface area contributed by atoms with Crippen molar-refractivity contribution in [3.05, 3.63) is 0 Å². The first kappa shape index (κ1) is 22.9. The molecule has 0 aromatic rings. The Kier molecular flexibility index (Phi) is 40.0. The Balaban J connectivity index is -0.0000000300. The SMILES string of the molecule is O.[Ca].[O-][I+2]([O-])O.[O-][I+2]([O-])O. The molecule has 10 heavy (non-hydrogen) atoms. The van der Waals surface area contributed by atoms with Crippen LogP contribution in [0.5, 0.6) is 0 Å². The van der Waals surface area contributed by atoms with E-state index >= 15 is 0 Å². The van der Waals surface area contributed by atoms with Gasteiger partial charge in [0, 0.05) is 37.7 Å². The molecule has 0 aliphatic rings. The molecule has 2 radical (unpaired) electrons. The molecule has 10 heteroatoms. The Labute approximate surface area is 104 Å². The van der Waals surface area contributed by atoms with E-state index in [0.717, 1.165) is 0 Å². The zero-order valence-electron chi connectivity index (χ0n) is 4.49. The molecule has 0 aromatic heterocycles. The van der Waals surface area contributed by atoms with E-state index in [1.807, 2.05) is 0 Å². The summed E-state index contributed by atoms with van der Waals surface area (Å²) in [4.78, 5) is 0. The monoisotopic (exact) mass is 410 g/mol. The topological polar surface area (TPSA) is 164 Å². The minimum atomic E-state index is -3.76. The number of hydrogen-bond acceptors (Lipinski definition) is 6. The summed E-state index contributed by atoms with van der Waals surface area (Å²) in [5.74, 6) is 0. The van der Waals surface area contributed by atoms with Crippen LogP contribution in [0.25, 0.3) is 0 Å². The molecule has 0 saturated carbocycles. The molecule has 62 valence electrons. The Morgan fingerprint density at radius 3 is 0.800 bits per heavy atom. The molecular formula is H4CaI2O7. The molecule has 0 aliphatic carbocycles. The van der Waals surface area contributed by atoms with Crippen LogP contribution in [-0.4, -0.2) is 50.1 Å². The fraction of sp³-hybridized carbons (Fsp3) is 0. The summed E-state index contributed by atoms with van der Waals surface area (Å²) in [7, 11) is 0. The third-order valence-corrected chi connectivity index (χ3v) is 0. The van der Waals surface area contributed by atoms with Crippen LogP contribution in [0.1, 0.15) is 0 Å². The van der Waals surface area contributed by atoms with Crippen molar-refractivity contribution in [1.29, 1.82) is 0 Å². The average Bonchev–Trinajstić information content (AvgIpc) is 1.25. The van der Waals surface area contributed by atoms with Crippen molar-refractivity contribution in [2.45, 2.75) is 0 Å². The maximum atomic E-state index is 8.68. The van der Waals surface area contributed by atoms with Crippen molar-refractivity contribution in [2.75, 3.05) is 0 Å². The predicted octanol–water partition coefficient (Wildman–Crippen LogP) is -13.1. The molecule has 0 rings (SSSR count). The van der Waals surface area contributed by atoms with Crippen LogP contribution in [-0.2, 0) is 0 Å². The van der Waals surface area contributed by atoms with Crippen LogP contribution in [0.3, 0.4) is 0 Å². The van der Waals surface area contributed by atoms with Crippen LogP contribution >= 0.6 is 0 Å². The van der Waals surface area contributed by atoms with E-state index in [4.69, 9.17) is 20.6 Å². The van der Waals surface area contributed by atoms with Crippen molar-refractivity contribution < 1.29 is 68.2 Å². The van der Waals surface area contributed by atoms with E-state index < -0.39 is 42.1 Å². The number of halogens is 2. The third-order valence-electron chi connectivity index (χ3n) is 0. The molecule has 0 amide bonds. The van der Waals surface area contributed by atoms with Gasteiger partial charge < -0.3 is 19.2 Å². The average molecular weight is 410 g/mol.